The van der Waals surface area contributed by atoms with Gasteiger partial charge in [0.15, 0.2) is 21.3 Å². The SMILES string of the molecule is CCCc1ccc(-c2nnc(-c3nc(-c4ccc(S(=O)(=O)C(C)C)cc4Cl)cnc3N)o2)cc1. The number of anilines is 1. The van der Waals surface area contributed by atoms with Gasteiger partial charge in [-0.1, -0.05) is 37.1 Å². The summed E-state index contributed by atoms with van der Waals surface area (Å²) in [5.41, 5.74) is 9.17. The highest BCUT2D eigenvalue weighted by atomic mass is 35.5. The van der Waals surface area contributed by atoms with Gasteiger partial charge in [0.25, 0.3) is 5.89 Å². The number of nitrogens with two attached hydrogens (primary N) is 1. The van der Waals surface area contributed by atoms with Crippen LogP contribution in [0, 0.1) is 0 Å². The lowest BCUT2D eigenvalue weighted by molar-refractivity contribution is 0.582. The van der Waals surface area contributed by atoms with Crippen molar-refractivity contribution in [2.75, 3.05) is 5.73 Å². The van der Waals surface area contributed by atoms with E-state index in [1.807, 2.05) is 24.3 Å². The van der Waals surface area contributed by atoms with Crippen molar-refractivity contribution in [3.8, 4) is 34.3 Å². The first-order valence-electron chi connectivity index (χ1n) is 10.8. The van der Waals surface area contributed by atoms with E-state index < -0.39 is 15.1 Å². The zero-order valence-electron chi connectivity index (χ0n) is 19.0. The van der Waals surface area contributed by atoms with Crippen molar-refractivity contribution in [3.05, 3.63) is 59.2 Å². The van der Waals surface area contributed by atoms with E-state index in [1.54, 1.807) is 19.9 Å². The molecule has 2 aromatic heterocycles. The van der Waals surface area contributed by atoms with Gasteiger partial charge in [0, 0.05) is 11.1 Å². The van der Waals surface area contributed by atoms with Crippen LogP contribution in [0.5, 0.6) is 0 Å². The standard InChI is InChI=1S/C24H24ClN5O3S/c1-4-5-15-6-8-16(9-7-15)23-29-30-24(33-23)21-22(26)27-13-20(28-21)18-11-10-17(12-19(18)25)34(31,32)14(2)3/h6-14H,4-5H2,1-3H3,(H2,26,27). The minimum atomic E-state index is -3.46. The number of hydrogen-bond acceptors (Lipinski definition) is 8. The molecule has 0 amide bonds. The van der Waals surface area contributed by atoms with Crippen LogP contribution in [0.4, 0.5) is 5.82 Å². The van der Waals surface area contributed by atoms with Crippen molar-refractivity contribution in [1.29, 1.82) is 0 Å². The Morgan fingerprint density at radius 2 is 1.76 bits per heavy atom. The van der Waals surface area contributed by atoms with Crippen LogP contribution >= 0.6 is 11.6 Å². The Hall–Kier alpha value is -3.30. The molecule has 34 heavy (non-hydrogen) atoms. The summed E-state index contributed by atoms with van der Waals surface area (Å²) in [6.07, 6.45) is 3.53. The summed E-state index contributed by atoms with van der Waals surface area (Å²) < 4.78 is 30.7. The monoisotopic (exact) mass is 497 g/mol. The molecule has 0 aliphatic rings. The van der Waals surface area contributed by atoms with Crippen LogP contribution in [0.15, 0.2) is 58.0 Å². The van der Waals surface area contributed by atoms with E-state index >= 15 is 0 Å². The third-order valence-electron chi connectivity index (χ3n) is 5.33. The van der Waals surface area contributed by atoms with Crippen molar-refractivity contribution >= 4 is 27.3 Å². The normalized spacial score (nSPS) is 11.8. The number of aryl methyl sites for hydroxylation is 1. The topological polar surface area (TPSA) is 125 Å². The zero-order chi connectivity index (χ0) is 24.5. The maximum atomic E-state index is 12.5. The average molecular weight is 498 g/mol. The number of sulfone groups is 1. The lowest BCUT2D eigenvalue weighted by Gasteiger charge is -2.11. The molecule has 8 nitrogen and oxygen atoms in total. The highest BCUT2D eigenvalue weighted by Crippen LogP contribution is 2.33. The molecule has 0 saturated heterocycles. The number of hydrogen-bond donors (Lipinski definition) is 1. The summed E-state index contributed by atoms with van der Waals surface area (Å²) in [6.45, 7) is 5.37. The lowest BCUT2D eigenvalue weighted by Crippen LogP contribution is -2.13. The number of nitrogens with zero attached hydrogens (tertiary/aromatic N) is 4. The van der Waals surface area contributed by atoms with Gasteiger partial charge >= 0.3 is 0 Å². The van der Waals surface area contributed by atoms with Crippen molar-refractivity contribution in [2.24, 2.45) is 0 Å². The minimum absolute atomic E-state index is 0.118. The maximum absolute atomic E-state index is 12.5. The lowest BCUT2D eigenvalue weighted by atomic mass is 10.1. The van der Waals surface area contributed by atoms with Gasteiger partial charge in [-0.15, -0.1) is 10.2 Å². The second kappa shape index (κ2) is 9.52. The molecule has 2 N–H and O–H groups in total. The summed E-state index contributed by atoms with van der Waals surface area (Å²) in [4.78, 5) is 8.87. The Morgan fingerprint density at radius 1 is 1.06 bits per heavy atom. The molecule has 0 unspecified atom stereocenters. The average Bonchev–Trinajstić information content (AvgIpc) is 3.30. The molecule has 0 atom stereocenters. The van der Waals surface area contributed by atoms with Crippen LogP contribution in [0.2, 0.25) is 5.02 Å². The van der Waals surface area contributed by atoms with Crippen molar-refractivity contribution in [3.63, 3.8) is 0 Å². The Kier molecular flexibility index (Phi) is 6.67. The Bertz CT molecular complexity index is 1430. The van der Waals surface area contributed by atoms with Gasteiger partial charge in [-0.05, 0) is 56.2 Å². The van der Waals surface area contributed by atoms with Crippen LogP contribution in [0.3, 0.4) is 0 Å². The molecule has 4 aromatic rings. The molecule has 0 radical (unpaired) electrons. The summed E-state index contributed by atoms with van der Waals surface area (Å²) in [7, 11) is -3.46. The largest absolute Gasteiger partial charge is 0.414 e. The number of benzene rings is 2. The zero-order valence-corrected chi connectivity index (χ0v) is 20.6. The third-order valence-corrected chi connectivity index (χ3v) is 7.80. The van der Waals surface area contributed by atoms with Crippen molar-refractivity contribution < 1.29 is 12.8 Å². The van der Waals surface area contributed by atoms with E-state index in [4.69, 9.17) is 21.8 Å². The van der Waals surface area contributed by atoms with Gasteiger partial charge in [-0.2, -0.15) is 0 Å². The fourth-order valence-corrected chi connectivity index (χ4v) is 4.80. The predicted octanol–water partition coefficient (Wildman–Crippen LogP) is 5.23. The first-order valence-corrected chi connectivity index (χ1v) is 12.7. The minimum Gasteiger partial charge on any atom is -0.414 e. The Labute approximate surface area is 203 Å². The smallest absolute Gasteiger partial charge is 0.270 e. The highest BCUT2D eigenvalue weighted by Gasteiger charge is 2.22. The molecule has 0 bridgehead atoms. The predicted molar refractivity (Wildman–Crippen MR) is 132 cm³/mol. The molecular weight excluding hydrogens is 474 g/mol. The second-order valence-corrected chi connectivity index (χ2v) is 11.0. The van der Waals surface area contributed by atoms with Crippen LogP contribution in [-0.4, -0.2) is 33.8 Å². The summed E-state index contributed by atoms with van der Waals surface area (Å²) >= 11 is 6.42. The molecule has 0 saturated carbocycles. The van der Waals surface area contributed by atoms with Crippen LogP contribution in [0.1, 0.15) is 32.8 Å². The molecule has 4 rings (SSSR count). The van der Waals surface area contributed by atoms with E-state index in [2.05, 4.69) is 27.1 Å². The first kappa shape index (κ1) is 23.8. The summed E-state index contributed by atoms with van der Waals surface area (Å²) in [5, 5.41) is 7.88. The van der Waals surface area contributed by atoms with E-state index in [1.165, 1.54) is 23.9 Å². The van der Waals surface area contributed by atoms with Crippen molar-refractivity contribution in [1.82, 2.24) is 20.2 Å². The molecule has 0 spiro atoms. The van der Waals surface area contributed by atoms with Crippen molar-refractivity contribution in [2.45, 2.75) is 43.8 Å². The number of aromatic nitrogens is 4. The fraction of sp³-hybridized carbons (Fsp3) is 0.250. The summed E-state index contributed by atoms with van der Waals surface area (Å²) in [5.74, 6) is 0.577. The van der Waals surface area contributed by atoms with Gasteiger partial charge in [-0.25, -0.2) is 18.4 Å². The molecule has 0 fully saturated rings. The molecule has 2 heterocycles. The van der Waals surface area contributed by atoms with E-state index in [0.29, 0.717) is 17.1 Å². The summed E-state index contributed by atoms with van der Waals surface area (Å²) in [6, 6.07) is 12.4. The number of nitrogen functional groups attached to an aromatic ring is 1. The quantitative estimate of drug-likeness (QED) is 0.368. The number of rotatable bonds is 7. The van der Waals surface area contributed by atoms with Gasteiger partial charge in [0.05, 0.1) is 27.1 Å². The molecule has 10 heteroatoms. The molecule has 176 valence electrons. The molecule has 2 aromatic carbocycles. The first-order chi connectivity index (χ1) is 16.2. The van der Waals surface area contributed by atoms with Gasteiger partial charge in [-0.3, -0.25) is 0 Å². The van der Waals surface area contributed by atoms with Crippen LogP contribution < -0.4 is 5.73 Å². The number of halogens is 1. The maximum Gasteiger partial charge on any atom is 0.270 e. The van der Waals surface area contributed by atoms with Gasteiger partial charge < -0.3 is 10.2 Å². The van der Waals surface area contributed by atoms with Gasteiger partial charge in [0.2, 0.25) is 5.89 Å². The second-order valence-electron chi connectivity index (χ2n) is 8.08. The molecule has 0 aliphatic carbocycles. The van der Waals surface area contributed by atoms with Crippen LogP contribution in [0.25, 0.3) is 34.3 Å². The van der Waals surface area contributed by atoms with E-state index in [-0.39, 0.29) is 27.3 Å². The van der Waals surface area contributed by atoms with Crippen LogP contribution in [-0.2, 0) is 16.3 Å². The molecule has 0 aliphatic heterocycles. The highest BCUT2D eigenvalue weighted by molar-refractivity contribution is 7.92. The van der Waals surface area contributed by atoms with Gasteiger partial charge in [0.1, 0.15) is 0 Å². The van der Waals surface area contributed by atoms with E-state index in [9.17, 15) is 8.42 Å². The van der Waals surface area contributed by atoms with E-state index in [0.717, 1.165) is 18.4 Å². The Morgan fingerprint density at radius 3 is 2.41 bits per heavy atom. The third kappa shape index (κ3) is 4.67. The molecular formula is C24H24ClN5O3S. The Balaban J connectivity index is 1.67. The fourth-order valence-electron chi connectivity index (χ4n) is 3.38.